The number of nitrogens with one attached hydrogen (secondary N) is 1. The summed E-state index contributed by atoms with van der Waals surface area (Å²) in [5.41, 5.74) is 1.01. The molecule has 0 aliphatic carbocycles. The zero-order valence-corrected chi connectivity index (χ0v) is 13.1. The molecule has 1 aromatic carbocycles. The Morgan fingerprint density at radius 3 is 2.57 bits per heavy atom. The zero-order valence-electron chi connectivity index (χ0n) is 12.4. The van der Waals surface area contributed by atoms with Crippen LogP contribution in [-0.4, -0.2) is 18.1 Å². The van der Waals surface area contributed by atoms with Crippen LogP contribution in [0.5, 0.6) is 17.4 Å². The van der Waals surface area contributed by atoms with Gasteiger partial charge in [-0.15, -0.1) is 0 Å². The van der Waals surface area contributed by atoms with Crippen LogP contribution in [0.1, 0.15) is 19.4 Å². The largest absolute Gasteiger partial charge is 0.493 e. The molecule has 0 bridgehead atoms. The van der Waals surface area contributed by atoms with E-state index in [2.05, 4.69) is 24.1 Å². The van der Waals surface area contributed by atoms with E-state index in [-0.39, 0.29) is 0 Å². The number of hydrogen-bond donors (Lipinski definition) is 1. The van der Waals surface area contributed by atoms with Crippen molar-refractivity contribution in [3.63, 3.8) is 0 Å². The van der Waals surface area contributed by atoms with Crippen LogP contribution in [0, 0.1) is 0 Å². The molecule has 0 spiro atoms. The third-order valence-electron chi connectivity index (χ3n) is 2.85. The van der Waals surface area contributed by atoms with Crippen molar-refractivity contribution in [1.29, 1.82) is 0 Å². The Balaban J connectivity index is 2.14. The van der Waals surface area contributed by atoms with E-state index < -0.39 is 0 Å². The molecule has 1 N–H and O–H groups in total. The topological polar surface area (TPSA) is 43.4 Å². The molecule has 21 heavy (non-hydrogen) atoms. The van der Waals surface area contributed by atoms with E-state index in [0.29, 0.717) is 28.4 Å². The molecule has 112 valence electrons. The Morgan fingerprint density at radius 1 is 1.24 bits per heavy atom. The number of para-hydroxylation sites is 2. The number of halogens is 1. The van der Waals surface area contributed by atoms with Crippen molar-refractivity contribution in [1.82, 2.24) is 10.3 Å². The molecule has 0 atom stereocenters. The van der Waals surface area contributed by atoms with Crippen LogP contribution < -0.4 is 14.8 Å². The second-order valence-electron chi connectivity index (χ2n) is 4.92. The molecule has 2 aromatic rings. The number of rotatable bonds is 6. The minimum absolute atomic E-state index is 0.370. The molecular weight excluding hydrogens is 288 g/mol. The van der Waals surface area contributed by atoms with E-state index in [1.807, 2.05) is 30.3 Å². The lowest BCUT2D eigenvalue weighted by Crippen LogP contribution is -2.21. The maximum absolute atomic E-state index is 6.23. The van der Waals surface area contributed by atoms with Gasteiger partial charge in [0.15, 0.2) is 11.5 Å². The van der Waals surface area contributed by atoms with Crippen LogP contribution in [0.4, 0.5) is 0 Å². The van der Waals surface area contributed by atoms with Crippen molar-refractivity contribution in [3.8, 4) is 17.4 Å². The molecule has 0 fully saturated rings. The second kappa shape index (κ2) is 7.29. The maximum atomic E-state index is 6.23. The van der Waals surface area contributed by atoms with Crippen LogP contribution in [0.15, 0.2) is 36.5 Å². The lowest BCUT2D eigenvalue weighted by Gasteiger charge is -2.12. The summed E-state index contributed by atoms with van der Waals surface area (Å²) < 4.78 is 11.0. The highest BCUT2D eigenvalue weighted by Crippen LogP contribution is 2.33. The van der Waals surface area contributed by atoms with Gasteiger partial charge in [0, 0.05) is 18.8 Å². The summed E-state index contributed by atoms with van der Waals surface area (Å²) in [6.07, 6.45) is 1.76. The van der Waals surface area contributed by atoms with E-state index in [9.17, 15) is 0 Å². The van der Waals surface area contributed by atoms with Crippen LogP contribution in [-0.2, 0) is 6.54 Å². The number of pyridine rings is 1. The Hall–Kier alpha value is -1.78. The number of benzene rings is 1. The number of methoxy groups -OCH3 is 1. The molecule has 0 radical (unpaired) electrons. The van der Waals surface area contributed by atoms with Gasteiger partial charge >= 0.3 is 0 Å². The van der Waals surface area contributed by atoms with Crippen molar-refractivity contribution in [2.45, 2.75) is 26.4 Å². The lowest BCUT2D eigenvalue weighted by molar-refractivity contribution is 0.374. The van der Waals surface area contributed by atoms with E-state index in [0.717, 1.165) is 12.1 Å². The Morgan fingerprint density at radius 2 is 1.95 bits per heavy atom. The normalized spacial score (nSPS) is 10.7. The SMILES string of the molecule is COc1ccccc1Oc1ncc(CNC(C)C)cc1Cl. The molecule has 0 saturated carbocycles. The molecule has 1 aromatic heterocycles. The average molecular weight is 307 g/mol. The fourth-order valence-corrected chi connectivity index (χ4v) is 1.99. The van der Waals surface area contributed by atoms with Crippen LogP contribution in [0.2, 0.25) is 5.02 Å². The molecule has 1 heterocycles. The first-order valence-electron chi connectivity index (χ1n) is 6.79. The van der Waals surface area contributed by atoms with E-state index >= 15 is 0 Å². The van der Waals surface area contributed by atoms with Gasteiger partial charge in [-0.05, 0) is 23.8 Å². The van der Waals surface area contributed by atoms with Gasteiger partial charge in [0.25, 0.3) is 0 Å². The van der Waals surface area contributed by atoms with Gasteiger partial charge in [-0.1, -0.05) is 37.6 Å². The summed E-state index contributed by atoms with van der Waals surface area (Å²) in [6, 6.07) is 9.64. The molecule has 0 aliphatic heterocycles. The van der Waals surface area contributed by atoms with Gasteiger partial charge in [-0.2, -0.15) is 0 Å². The quantitative estimate of drug-likeness (QED) is 0.875. The molecule has 0 aliphatic rings. The Bertz CT molecular complexity index is 603. The fraction of sp³-hybridized carbons (Fsp3) is 0.312. The molecule has 0 amide bonds. The summed E-state index contributed by atoms with van der Waals surface area (Å²) in [5.74, 6) is 1.60. The van der Waals surface area contributed by atoms with Crippen molar-refractivity contribution in [2.24, 2.45) is 0 Å². The molecule has 5 heteroatoms. The van der Waals surface area contributed by atoms with Crippen molar-refractivity contribution in [2.75, 3.05) is 7.11 Å². The second-order valence-corrected chi connectivity index (χ2v) is 5.33. The van der Waals surface area contributed by atoms with Crippen LogP contribution in [0.3, 0.4) is 0 Å². The average Bonchev–Trinajstić information content (AvgIpc) is 2.48. The van der Waals surface area contributed by atoms with Gasteiger partial charge in [0.05, 0.1) is 7.11 Å². The van der Waals surface area contributed by atoms with Crippen LogP contribution >= 0.6 is 11.6 Å². The highest BCUT2D eigenvalue weighted by Gasteiger charge is 2.10. The minimum Gasteiger partial charge on any atom is -0.493 e. The first-order chi connectivity index (χ1) is 10.1. The summed E-state index contributed by atoms with van der Waals surface area (Å²) in [6.45, 7) is 4.90. The Kier molecular flexibility index (Phi) is 5.42. The van der Waals surface area contributed by atoms with Gasteiger partial charge < -0.3 is 14.8 Å². The summed E-state index contributed by atoms with van der Waals surface area (Å²) in [5, 5.41) is 3.79. The molecular formula is C16H19ClN2O2. The lowest BCUT2D eigenvalue weighted by atomic mass is 10.2. The maximum Gasteiger partial charge on any atom is 0.238 e. The monoisotopic (exact) mass is 306 g/mol. The number of nitrogens with zero attached hydrogens (tertiary/aromatic N) is 1. The Labute approximate surface area is 130 Å². The molecule has 0 saturated heterocycles. The molecule has 0 unspecified atom stereocenters. The van der Waals surface area contributed by atoms with Gasteiger partial charge in [-0.25, -0.2) is 4.98 Å². The van der Waals surface area contributed by atoms with Gasteiger partial charge in [0.2, 0.25) is 5.88 Å². The summed E-state index contributed by atoms with van der Waals surface area (Å²) >= 11 is 6.23. The van der Waals surface area contributed by atoms with Crippen molar-refractivity contribution < 1.29 is 9.47 Å². The minimum atomic E-state index is 0.370. The first kappa shape index (κ1) is 15.6. The molecule has 4 nitrogen and oxygen atoms in total. The standard InChI is InChI=1S/C16H19ClN2O2/c1-11(2)18-9-12-8-13(17)16(19-10-12)21-15-7-5-4-6-14(15)20-3/h4-8,10-11,18H,9H2,1-3H3. The van der Waals surface area contributed by atoms with E-state index in [4.69, 9.17) is 21.1 Å². The van der Waals surface area contributed by atoms with Gasteiger partial charge in [-0.3, -0.25) is 0 Å². The number of ether oxygens (including phenoxy) is 2. The molecule has 2 rings (SSSR count). The predicted molar refractivity (Wildman–Crippen MR) is 84.3 cm³/mol. The highest BCUT2D eigenvalue weighted by molar-refractivity contribution is 6.31. The first-order valence-corrected chi connectivity index (χ1v) is 7.16. The smallest absolute Gasteiger partial charge is 0.238 e. The number of aromatic nitrogens is 1. The van der Waals surface area contributed by atoms with Gasteiger partial charge in [0.1, 0.15) is 5.02 Å². The summed E-state index contributed by atoms with van der Waals surface area (Å²) in [7, 11) is 1.60. The highest BCUT2D eigenvalue weighted by atomic mass is 35.5. The van der Waals surface area contributed by atoms with E-state index in [1.165, 1.54) is 0 Å². The van der Waals surface area contributed by atoms with Crippen LogP contribution in [0.25, 0.3) is 0 Å². The van der Waals surface area contributed by atoms with E-state index in [1.54, 1.807) is 13.3 Å². The summed E-state index contributed by atoms with van der Waals surface area (Å²) in [4.78, 5) is 4.28. The number of hydrogen-bond acceptors (Lipinski definition) is 4. The van der Waals surface area contributed by atoms with Crippen molar-refractivity contribution >= 4 is 11.6 Å². The third-order valence-corrected chi connectivity index (χ3v) is 3.12. The van der Waals surface area contributed by atoms with Crippen molar-refractivity contribution in [3.05, 3.63) is 47.1 Å². The fourth-order valence-electron chi connectivity index (χ4n) is 1.77. The zero-order chi connectivity index (χ0) is 15.2. The predicted octanol–water partition coefficient (Wildman–Crippen LogP) is 4.03. The third kappa shape index (κ3) is 4.34.